The maximum absolute atomic E-state index is 13.7. The minimum Gasteiger partial charge on any atom is -0.399 e. The zero-order valence-corrected chi connectivity index (χ0v) is 12.5. The Labute approximate surface area is 119 Å². The highest BCUT2D eigenvalue weighted by atomic mass is 32.2. The quantitative estimate of drug-likeness (QED) is 0.821. The van der Waals surface area contributed by atoms with Crippen molar-refractivity contribution in [2.45, 2.75) is 43.9 Å². The van der Waals surface area contributed by atoms with E-state index in [2.05, 4.69) is 11.6 Å². The van der Waals surface area contributed by atoms with E-state index in [0.717, 1.165) is 44.2 Å². The molecule has 0 saturated heterocycles. The molecule has 1 aromatic rings. The predicted octanol–water partition coefficient (Wildman–Crippen LogP) is 2.66. The van der Waals surface area contributed by atoms with Gasteiger partial charge in [-0.05, 0) is 42.9 Å². The number of sulfonamides is 1. The van der Waals surface area contributed by atoms with Gasteiger partial charge < -0.3 is 5.73 Å². The Morgan fingerprint density at radius 2 is 2.00 bits per heavy atom. The SMILES string of the molecule is CCC1(CNS(=O)(=O)c2cc(N)ccc2F)CCCC1. The maximum Gasteiger partial charge on any atom is 0.243 e. The van der Waals surface area contributed by atoms with Crippen molar-refractivity contribution in [1.82, 2.24) is 4.72 Å². The summed E-state index contributed by atoms with van der Waals surface area (Å²) >= 11 is 0. The lowest BCUT2D eigenvalue weighted by Crippen LogP contribution is -2.36. The molecule has 0 amide bonds. The van der Waals surface area contributed by atoms with Crippen molar-refractivity contribution in [2.75, 3.05) is 12.3 Å². The van der Waals surface area contributed by atoms with Crippen LogP contribution in [-0.2, 0) is 10.0 Å². The fraction of sp³-hybridized carbons (Fsp3) is 0.571. The van der Waals surface area contributed by atoms with Crippen LogP contribution in [0.2, 0.25) is 0 Å². The van der Waals surface area contributed by atoms with Gasteiger partial charge in [-0.25, -0.2) is 17.5 Å². The summed E-state index contributed by atoms with van der Waals surface area (Å²) in [6.45, 7) is 2.43. The average molecular weight is 300 g/mol. The molecular weight excluding hydrogens is 279 g/mol. The van der Waals surface area contributed by atoms with Gasteiger partial charge in [0.05, 0.1) is 0 Å². The molecule has 0 unspecified atom stereocenters. The van der Waals surface area contributed by atoms with Crippen LogP contribution in [0.3, 0.4) is 0 Å². The number of nitrogens with two attached hydrogens (primary N) is 1. The molecule has 1 aliphatic carbocycles. The second-order valence-corrected chi connectivity index (χ2v) is 7.31. The fourth-order valence-electron chi connectivity index (χ4n) is 2.83. The average Bonchev–Trinajstić information content (AvgIpc) is 2.89. The van der Waals surface area contributed by atoms with Crippen molar-refractivity contribution in [3.8, 4) is 0 Å². The molecule has 0 bridgehead atoms. The molecule has 1 aromatic carbocycles. The third-order valence-electron chi connectivity index (χ3n) is 4.30. The van der Waals surface area contributed by atoms with Crippen LogP contribution in [-0.4, -0.2) is 15.0 Å². The summed E-state index contributed by atoms with van der Waals surface area (Å²) in [5.41, 5.74) is 5.79. The molecule has 0 radical (unpaired) electrons. The summed E-state index contributed by atoms with van der Waals surface area (Å²) in [4.78, 5) is -0.373. The largest absolute Gasteiger partial charge is 0.399 e. The number of benzene rings is 1. The number of rotatable bonds is 5. The first kappa shape index (κ1) is 15.3. The Morgan fingerprint density at radius 1 is 1.35 bits per heavy atom. The molecule has 112 valence electrons. The second kappa shape index (κ2) is 5.69. The third kappa shape index (κ3) is 3.12. The molecule has 0 aromatic heterocycles. The van der Waals surface area contributed by atoms with Crippen LogP contribution in [0.15, 0.2) is 23.1 Å². The number of hydrogen-bond donors (Lipinski definition) is 2. The first-order chi connectivity index (χ1) is 9.38. The van der Waals surface area contributed by atoms with Gasteiger partial charge in [0.25, 0.3) is 0 Å². The molecule has 6 heteroatoms. The number of hydrogen-bond acceptors (Lipinski definition) is 3. The Bertz CT molecular complexity index is 581. The summed E-state index contributed by atoms with van der Waals surface area (Å²) in [7, 11) is -3.85. The van der Waals surface area contributed by atoms with Gasteiger partial charge >= 0.3 is 0 Å². The van der Waals surface area contributed by atoms with E-state index in [-0.39, 0.29) is 16.0 Å². The highest BCUT2D eigenvalue weighted by molar-refractivity contribution is 7.89. The smallest absolute Gasteiger partial charge is 0.243 e. The minimum absolute atomic E-state index is 0.0177. The first-order valence-electron chi connectivity index (χ1n) is 6.93. The van der Waals surface area contributed by atoms with Crippen molar-refractivity contribution in [3.05, 3.63) is 24.0 Å². The highest BCUT2D eigenvalue weighted by Gasteiger charge is 2.33. The van der Waals surface area contributed by atoms with E-state index in [9.17, 15) is 12.8 Å². The summed E-state index contributed by atoms with van der Waals surface area (Å²) in [5, 5.41) is 0. The lowest BCUT2D eigenvalue weighted by Gasteiger charge is -2.27. The Balaban J connectivity index is 2.17. The van der Waals surface area contributed by atoms with Crippen LogP contribution in [0.1, 0.15) is 39.0 Å². The number of nitrogen functional groups attached to an aromatic ring is 1. The zero-order chi connectivity index (χ0) is 14.8. The minimum atomic E-state index is -3.85. The van der Waals surface area contributed by atoms with Crippen LogP contribution in [0, 0.1) is 11.2 Å². The number of anilines is 1. The lowest BCUT2D eigenvalue weighted by atomic mass is 9.84. The van der Waals surface area contributed by atoms with Gasteiger partial charge in [0.15, 0.2) is 0 Å². The van der Waals surface area contributed by atoms with Crippen LogP contribution in [0.5, 0.6) is 0 Å². The van der Waals surface area contributed by atoms with Crippen LogP contribution >= 0.6 is 0 Å². The van der Waals surface area contributed by atoms with E-state index in [1.807, 2.05) is 0 Å². The summed E-state index contributed by atoms with van der Waals surface area (Å²) in [5.74, 6) is -0.774. The molecule has 0 heterocycles. The van der Waals surface area contributed by atoms with Crippen LogP contribution in [0.25, 0.3) is 0 Å². The summed E-state index contributed by atoms with van der Waals surface area (Å²) in [6, 6.07) is 3.58. The summed E-state index contributed by atoms with van der Waals surface area (Å²) < 4.78 is 40.6. The Morgan fingerprint density at radius 3 is 2.60 bits per heavy atom. The zero-order valence-electron chi connectivity index (χ0n) is 11.7. The van der Waals surface area contributed by atoms with Crippen molar-refractivity contribution in [1.29, 1.82) is 0 Å². The van der Waals surface area contributed by atoms with E-state index in [0.29, 0.717) is 6.54 Å². The lowest BCUT2D eigenvalue weighted by molar-refractivity contribution is 0.285. The Hall–Kier alpha value is -1.14. The molecule has 20 heavy (non-hydrogen) atoms. The topological polar surface area (TPSA) is 72.2 Å². The predicted molar refractivity (Wildman–Crippen MR) is 77.2 cm³/mol. The van der Waals surface area contributed by atoms with E-state index in [1.165, 1.54) is 6.07 Å². The second-order valence-electron chi connectivity index (χ2n) is 5.58. The molecule has 0 atom stereocenters. The molecule has 0 aliphatic heterocycles. The van der Waals surface area contributed by atoms with Gasteiger partial charge in [0, 0.05) is 12.2 Å². The van der Waals surface area contributed by atoms with E-state index in [4.69, 9.17) is 5.73 Å². The molecule has 3 N–H and O–H groups in total. The van der Waals surface area contributed by atoms with Crippen LogP contribution in [0.4, 0.5) is 10.1 Å². The fourth-order valence-corrected chi connectivity index (χ4v) is 4.10. The molecular formula is C14H21FN2O2S. The van der Waals surface area contributed by atoms with E-state index >= 15 is 0 Å². The van der Waals surface area contributed by atoms with E-state index < -0.39 is 15.8 Å². The molecule has 1 aliphatic rings. The molecule has 0 spiro atoms. The summed E-state index contributed by atoms with van der Waals surface area (Å²) in [6.07, 6.45) is 5.22. The standard InChI is InChI=1S/C14H21FN2O2S/c1-2-14(7-3-4-8-14)10-17-20(18,19)13-9-11(16)5-6-12(13)15/h5-6,9,17H,2-4,7-8,10,16H2,1H3. The first-order valence-corrected chi connectivity index (χ1v) is 8.42. The van der Waals surface area contributed by atoms with Gasteiger partial charge in [0.2, 0.25) is 10.0 Å². The van der Waals surface area contributed by atoms with Gasteiger partial charge in [-0.1, -0.05) is 19.8 Å². The molecule has 1 fully saturated rings. The maximum atomic E-state index is 13.7. The monoisotopic (exact) mass is 300 g/mol. The van der Waals surface area contributed by atoms with Gasteiger partial charge in [-0.2, -0.15) is 0 Å². The van der Waals surface area contributed by atoms with Gasteiger partial charge in [0.1, 0.15) is 10.7 Å². The van der Waals surface area contributed by atoms with Crippen LogP contribution < -0.4 is 10.5 Å². The normalized spacial score (nSPS) is 18.3. The third-order valence-corrected chi connectivity index (χ3v) is 5.71. The van der Waals surface area contributed by atoms with Gasteiger partial charge in [-0.3, -0.25) is 0 Å². The Kier molecular flexibility index (Phi) is 4.34. The molecule has 1 saturated carbocycles. The van der Waals surface area contributed by atoms with Crippen molar-refractivity contribution in [2.24, 2.45) is 5.41 Å². The van der Waals surface area contributed by atoms with E-state index in [1.54, 1.807) is 0 Å². The van der Waals surface area contributed by atoms with Crippen molar-refractivity contribution < 1.29 is 12.8 Å². The van der Waals surface area contributed by atoms with Gasteiger partial charge in [-0.15, -0.1) is 0 Å². The number of nitrogens with one attached hydrogen (secondary N) is 1. The molecule has 4 nitrogen and oxygen atoms in total. The molecule has 2 rings (SSSR count). The van der Waals surface area contributed by atoms with Crippen molar-refractivity contribution in [3.63, 3.8) is 0 Å². The van der Waals surface area contributed by atoms with Crippen molar-refractivity contribution >= 4 is 15.7 Å². The number of halogens is 1. The highest BCUT2D eigenvalue weighted by Crippen LogP contribution is 2.40.